The van der Waals surface area contributed by atoms with Crippen LogP contribution in [0.5, 0.6) is 0 Å². The van der Waals surface area contributed by atoms with Gasteiger partial charge < -0.3 is 15.0 Å². The Morgan fingerprint density at radius 2 is 1.71 bits per heavy atom. The summed E-state index contributed by atoms with van der Waals surface area (Å²) in [6.07, 6.45) is 3.13. The van der Waals surface area contributed by atoms with E-state index in [2.05, 4.69) is 24.4 Å². The topological polar surface area (TPSA) is 95.1 Å². The summed E-state index contributed by atoms with van der Waals surface area (Å²) in [5, 5.41) is 22.4. The van der Waals surface area contributed by atoms with Crippen molar-refractivity contribution in [3.63, 3.8) is 0 Å². The van der Waals surface area contributed by atoms with Crippen LogP contribution in [0.3, 0.4) is 0 Å². The molecule has 6 nitrogen and oxygen atoms in total. The average molecular weight is 450 g/mol. The largest absolute Gasteiger partial charge is 0.480 e. The van der Waals surface area contributed by atoms with Crippen LogP contribution in [0.25, 0.3) is 28.1 Å². The first-order valence-electron chi connectivity index (χ1n) is 10.8. The van der Waals surface area contributed by atoms with E-state index < -0.39 is 11.9 Å². The molecule has 0 unspecified atom stereocenters. The molecule has 3 aromatic carbocycles. The molecule has 1 amide bonds. The Kier molecular flexibility index (Phi) is 6.28. The summed E-state index contributed by atoms with van der Waals surface area (Å²) in [6.45, 7) is 3.83. The lowest BCUT2D eigenvalue weighted by Gasteiger charge is -2.12. The van der Waals surface area contributed by atoms with Crippen molar-refractivity contribution in [3.8, 4) is 17.2 Å². The van der Waals surface area contributed by atoms with E-state index in [1.165, 1.54) is 11.6 Å². The molecule has 0 aliphatic carbocycles. The highest BCUT2D eigenvalue weighted by Gasteiger charge is 2.14. The molecular formula is C28H23N3O3. The maximum absolute atomic E-state index is 12.9. The number of hydrogen-bond donors (Lipinski definition) is 2. The molecule has 0 aliphatic heterocycles. The minimum Gasteiger partial charge on any atom is -0.480 e. The van der Waals surface area contributed by atoms with Crippen molar-refractivity contribution in [1.82, 2.24) is 4.57 Å². The number of aryl methyl sites for hydroxylation is 2. The van der Waals surface area contributed by atoms with Crippen molar-refractivity contribution >= 4 is 34.5 Å². The van der Waals surface area contributed by atoms with Gasteiger partial charge >= 0.3 is 5.97 Å². The molecule has 0 radical (unpaired) electrons. The number of aromatic nitrogens is 1. The van der Waals surface area contributed by atoms with Gasteiger partial charge in [-0.15, -0.1) is 0 Å². The van der Waals surface area contributed by atoms with E-state index >= 15 is 0 Å². The Labute approximate surface area is 197 Å². The van der Waals surface area contributed by atoms with Gasteiger partial charge in [0.05, 0.1) is 0 Å². The molecule has 1 heterocycles. The summed E-state index contributed by atoms with van der Waals surface area (Å²) in [5.74, 6) is -1.50. The summed E-state index contributed by atoms with van der Waals surface area (Å²) in [6, 6.07) is 23.0. The molecule has 0 atom stereocenters. The van der Waals surface area contributed by atoms with Crippen LogP contribution in [0.1, 0.15) is 16.7 Å². The number of fused-ring (bicyclic) bond motifs is 1. The number of carboxylic acid groups (broad SMARTS) is 1. The molecular weight excluding hydrogens is 426 g/mol. The van der Waals surface area contributed by atoms with Crippen molar-refractivity contribution in [2.75, 3.05) is 5.32 Å². The molecule has 0 aliphatic rings. The van der Waals surface area contributed by atoms with Crippen LogP contribution in [0.4, 0.5) is 5.69 Å². The predicted molar refractivity (Wildman–Crippen MR) is 133 cm³/mol. The highest BCUT2D eigenvalue weighted by Crippen LogP contribution is 2.29. The quantitative estimate of drug-likeness (QED) is 0.298. The van der Waals surface area contributed by atoms with Gasteiger partial charge in [-0.3, -0.25) is 9.59 Å². The van der Waals surface area contributed by atoms with Gasteiger partial charge in [-0.05, 0) is 60.4 Å². The predicted octanol–water partition coefficient (Wildman–Crippen LogP) is 5.56. The minimum absolute atomic E-state index is 0.0705. The maximum atomic E-state index is 12.9. The van der Waals surface area contributed by atoms with Crippen LogP contribution in [0.15, 0.2) is 78.5 Å². The fourth-order valence-corrected chi connectivity index (χ4v) is 4.09. The van der Waals surface area contributed by atoms with Gasteiger partial charge in [0.15, 0.2) is 0 Å². The molecule has 168 valence electrons. The molecule has 1 aromatic heterocycles. The lowest BCUT2D eigenvalue weighted by atomic mass is 9.96. The lowest BCUT2D eigenvalue weighted by molar-refractivity contribution is -0.137. The number of nitriles is 1. The van der Waals surface area contributed by atoms with Crippen LogP contribution in [0, 0.1) is 25.2 Å². The molecule has 2 N–H and O–H groups in total. The number of anilines is 1. The first-order valence-corrected chi connectivity index (χ1v) is 10.8. The lowest BCUT2D eigenvalue weighted by Crippen LogP contribution is -2.13. The van der Waals surface area contributed by atoms with Gasteiger partial charge in [-0.1, -0.05) is 48.5 Å². The molecule has 0 saturated heterocycles. The first kappa shape index (κ1) is 22.6. The van der Waals surface area contributed by atoms with Gasteiger partial charge in [0.25, 0.3) is 5.91 Å². The highest BCUT2D eigenvalue weighted by molar-refractivity contribution is 6.11. The third kappa shape index (κ3) is 4.59. The van der Waals surface area contributed by atoms with Gasteiger partial charge in [0, 0.05) is 28.4 Å². The third-order valence-electron chi connectivity index (χ3n) is 5.71. The SMILES string of the molecule is Cc1ccccc1-c1ccc(NC(=O)/C(C#N)=C/c2cn(CC(=O)O)c3ccccc23)cc1C. The molecule has 0 spiro atoms. The highest BCUT2D eigenvalue weighted by atomic mass is 16.4. The Hall–Kier alpha value is -4.63. The van der Waals surface area contributed by atoms with E-state index in [0.29, 0.717) is 11.3 Å². The van der Waals surface area contributed by atoms with Crippen LogP contribution >= 0.6 is 0 Å². The Balaban J connectivity index is 1.62. The molecule has 6 heteroatoms. The van der Waals surface area contributed by atoms with Gasteiger partial charge in [0.1, 0.15) is 18.2 Å². The monoisotopic (exact) mass is 449 g/mol. The number of carbonyl (C=O) groups is 2. The van der Waals surface area contributed by atoms with Crippen molar-refractivity contribution in [2.45, 2.75) is 20.4 Å². The van der Waals surface area contributed by atoms with Crippen LogP contribution in [0.2, 0.25) is 0 Å². The number of benzene rings is 3. The summed E-state index contributed by atoms with van der Waals surface area (Å²) in [7, 11) is 0. The molecule has 0 fully saturated rings. The summed E-state index contributed by atoms with van der Waals surface area (Å²) in [5.41, 5.74) is 6.23. The second-order valence-electron chi connectivity index (χ2n) is 8.09. The van der Waals surface area contributed by atoms with Gasteiger partial charge in [0.2, 0.25) is 0 Å². The Bertz CT molecular complexity index is 1490. The number of amides is 1. The van der Waals surface area contributed by atoms with E-state index in [-0.39, 0.29) is 12.1 Å². The van der Waals surface area contributed by atoms with Crippen LogP contribution in [-0.2, 0) is 16.1 Å². The molecule has 4 aromatic rings. The maximum Gasteiger partial charge on any atom is 0.323 e. The number of carboxylic acids is 1. The number of aliphatic carboxylic acids is 1. The average Bonchev–Trinajstić information content (AvgIpc) is 3.15. The van der Waals surface area contributed by atoms with Gasteiger partial charge in [-0.2, -0.15) is 5.26 Å². The zero-order chi connectivity index (χ0) is 24.2. The van der Waals surface area contributed by atoms with Gasteiger partial charge in [-0.25, -0.2) is 0 Å². The number of nitrogens with one attached hydrogen (secondary N) is 1. The molecule has 4 rings (SSSR count). The number of hydrogen-bond acceptors (Lipinski definition) is 3. The van der Waals surface area contributed by atoms with E-state index in [4.69, 9.17) is 0 Å². The fourth-order valence-electron chi connectivity index (χ4n) is 4.09. The second kappa shape index (κ2) is 9.47. The number of nitrogens with zero attached hydrogens (tertiary/aromatic N) is 2. The minimum atomic E-state index is -0.973. The van der Waals surface area contributed by atoms with E-state index in [0.717, 1.165) is 27.6 Å². The molecule has 0 saturated carbocycles. The Morgan fingerprint density at radius 3 is 2.41 bits per heavy atom. The second-order valence-corrected chi connectivity index (χ2v) is 8.09. The first-order chi connectivity index (χ1) is 16.4. The van der Waals surface area contributed by atoms with Crippen molar-refractivity contribution < 1.29 is 14.7 Å². The van der Waals surface area contributed by atoms with E-state index in [1.807, 2.05) is 61.5 Å². The third-order valence-corrected chi connectivity index (χ3v) is 5.71. The smallest absolute Gasteiger partial charge is 0.323 e. The number of carbonyl (C=O) groups excluding carboxylic acids is 1. The fraction of sp³-hybridized carbons (Fsp3) is 0.107. The zero-order valence-corrected chi connectivity index (χ0v) is 18.9. The number of rotatable bonds is 6. The normalized spacial score (nSPS) is 11.3. The van der Waals surface area contributed by atoms with Crippen molar-refractivity contribution in [3.05, 3.63) is 95.2 Å². The van der Waals surface area contributed by atoms with E-state index in [9.17, 15) is 20.0 Å². The standard InChI is InChI=1S/C28H23N3O3/c1-18-7-3-4-8-23(18)24-12-11-22(13-19(24)2)30-28(34)20(15-29)14-21-16-31(17-27(32)33)26-10-6-5-9-25(21)26/h3-14,16H,17H2,1-2H3,(H,30,34)(H,32,33)/b20-14+. The summed E-state index contributed by atoms with van der Waals surface area (Å²) >= 11 is 0. The zero-order valence-electron chi connectivity index (χ0n) is 18.9. The van der Waals surface area contributed by atoms with Crippen LogP contribution < -0.4 is 5.32 Å². The summed E-state index contributed by atoms with van der Waals surface area (Å²) in [4.78, 5) is 24.1. The molecule has 0 bridgehead atoms. The van der Waals surface area contributed by atoms with Crippen LogP contribution in [-0.4, -0.2) is 21.6 Å². The Morgan fingerprint density at radius 1 is 1.00 bits per heavy atom. The molecule has 34 heavy (non-hydrogen) atoms. The van der Waals surface area contributed by atoms with Crippen molar-refractivity contribution in [2.24, 2.45) is 0 Å². The van der Waals surface area contributed by atoms with E-state index in [1.54, 1.807) is 16.8 Å². The van der Waals surface area contributed by atoms with Crippen molar-refractivity contribution in [1.29, 1.82) is 5.26 Å². The number of para-hydroxylation sites is 1. The summed E-state index contributed by atoms with van der Waals surface area (Å²) < 4.78 is 1.59.